The zero-order valence-corrected chi connectivity index (χ0v) is 16.0. The van der Waals surface area contributed by atoms with Crippen molar-refractivity contribution in [2.75, 3.05) is 18.9 Å². The smallest absolute Gasteiger partial charge is 0.228 e. The van der Waals surface area contributed by atoms with Crippen LogP contribution in [0.25, 0.3) is 10.9 Å². The fraction of sp³-hybridized carbons (Fsp3) is 0.318. The summed E-state index contributed by atoms with van der Waals surface area (Å²) in [5.41, 5.74) is 4.79. The van der Waals surface area contributed by atoms with Gasteiger partial charge >= 0.3 is 0 Å². The summed E-state index contributed by atoms with van der Waals surface area (Å²) >= 11 is 5.94. The average molecular weight is 380 g/mol. The lowest BCUT2D eigenvalue weighted by Crippen LogP contribution is -2.50. The first kappa shape index (κ1) is 16.8. The summed E-state index contributed by atoms with van der Waals surface area (Å²) in [5.74, 6) is 0.453. The molecule has 138 valence electrons. The molecule has 1 amide bonds. The third-order valence-electron chi connectivity index (χ3n) is 6.21. The zero-order valence-electron chi connectivity index (χ0n) is 15.2. The van der Waals surface area contributed by atoms with Crippen molar-refractivity contribution in [3.8, 4) is 0 Å². The number of hydrogen-bond acceptors (Lipinski definition) is 2. The van der Waals surface area contributed by atoms with Crippen LogP contribution >= 0.6 is 11.6 Å². The molecular formula is C22H22ClN3O. The number of aromatic nitrogens is 1. The molecule has 4 nitrogen and oxygen atoms in total. The molecule has 0 bridgehead atoms. The quantitative estimate of drug-likeness (QED) is 0.692. The van der Waals surface area contributed by atoms with Gasteiger partial charge in [0.05, 0.1) is 5.92 Å². The Balaban J connectivity index is 1.42. The van der Waals surface area contributed by atoms with Crippen molar-refractivity contribution in [3.05, 3.63) is 64.8 Å². The third-order valence-corrected chi connectivity index (χ3v) is 6.46. The van der Waals surface area contributed by atoms with Gasteiger partial charge in [-0.25, -0.2) is 0 Å². The number of carbonyl (C=O) groups excluding carboxylic acids is 1. The summed E-state index contributed by atoms with van der Waals surface area (Å²) in [5, 5.41) is 5.10. The number of piperidine rings is 1. The fourth-order valence-corrected chi connectivity index (χ4v) is 5.04. The Hall–Kier alpha value is -2.30. The molecule has 1 fully saturated rings. The van der Waals surface area contributed by atoms with E-state index in [0.717, 1.165) is 25.1 Å². The molecule has 0 saturated carbocycles. The number of anilines is 1. The highest BCUT2D eigenvalue weighted by molar-refractivity contribution is 6.30. The van der Waals surface area contributed by atoms with E-state index >= 15 is 0 Å². The van der Waals surface area contributed by atoms with E-state index in [2.05, 4.69) is 46.6 Å². The molecule has 5 heteroatoms. The molecule has 27 heavy (non-hydrogen) atoms. The molecule has 1 aromatic heterocycles. The Labute approximate surface area is 163 Å². The van der Waals surface area contributed by atoms with E-state index in [0.29, 0.717) is 17.0 Å². The second-order valence-corrected chi connectivity index (χ2v) is 8.27. The molecule has 2 aliphatic rings. The predicted octanol–water partition coefficient (Wildman–Crippen LogP) is 4.42. The molecule has 2 aromatic carbocycles. The van der Waals surface area contributed by atoms with E-state index in [1.54, 1.807) is 12.1 Å². The Morgan fingerprint density at radius 1 is 1.22 bits per heavy atom. The van der Waals surface area contributed by atoms with E-state index in [4.69, 9.17) is 11.6 Å². The third kappa shape index (κ3) is 2.84. The number of hydrogen-bond donors (Lipinski definition) is 2. The second-order valence-electron chi connectivity index (χ2n) is 7.83. The largest absolute Gasteiger partial charge is 0.361 e. The number of nitrogens with one attached hydrogen (secondary N) is 2. The average Bonchev–Trinajstić information content (AvgIpc) is 3.09. The standard InChI is InChI=1S/C22H22ClN3O/c1-26-12-14(22(27)25-16-7-5-15(23)6-8-16)9-18-17-3-2-4-19-21(17)13(11-24-19)10-20(18)26/h2-8,11,14,18,20,24H,9-10,12H2,1H3,(H,25,27)/t14-,18-,20-/m1/s1. The normalized spacial score (nSPS) is 24.6. The monoisotopic (exact) mass is 379 g/mol. The first-order valence-electron chi connectivity index (χ1n) is 9.45. The molecule has 3 aromatic rings. The molecule has 0 spiro atoms. The van der Waals surface area contributed by atoms with Crippen LogP contribution in [0.1, 0.15) is 23.5 Å². The Morgan fingerprint density at radius 3 is 2.85 bits per heavy atom. The van der Waals surface area contributed by atoms with Gasteiger partial charge in [0.2, 0.25) is 5.91 Å². The molecule has 2 heterocycles. The maximum Gasteiger partial charge on any atom is 0.228 e. The van der Waals surface area contributed by atoms with Gasteiger partial charge in [0, 0.05) is 46.3 Å². The number of aromatic amines is 1. The molecule has 0 unspecified atom stereocenters. The summed E-state index contributed by atoms with van der Waals surface area (Å²) in [4.78, 5) is 18.7. The van der Waals surface area contributed by atoms with Crippen LogP contribution in [0.3, 0.4) is 0 Å². The van der Waals surface area contributed by atoms with Crippen molar-refractivity contribution in [3.63, 3.8) is 0 Å². The fourth-order valence-electron chi connectivity index (χ4n) is 4.91. The highest BCUT2D eigenvalue weighted by Crippen LogP contribution is 2.44. The van der Waals surface area contributed by atoms with Crippen molar-refractivity contribution in [2.45, 2.75) is 24.8 Å². The molecule has 1 aliphatic carbocycles. The Kier molecular flexibility index (Phi) is 3.99. The van der Waals surface area contributed by atoms with Gasteiger partial charge in [0.25, 0.3) is 0 Å². The lowest BCUT2D eigenvalue weighted by atomic mass is 9.72. The maximum atomic E-state index is 12.9. The van der Waals surface area contributed by atoms with Crippen molar-refractivity contribution in [2.24, 2.45) is 5.92 Å². The number of benzene rings is 2. The topological polar surface area (TPSA) is 48.1 Å². The summed E-state index contributed by atoms with van der Waals surface area (Å²) in [6, 6.07) is 14.3. The van der Waals surface area contributed by atoms with Crippen LogP contribution in [-0.2, 0) is 11.2 Å². The first-order valence-corrected chi connectivity index (χ1v) is 9.83. The van der Waals surface area contributed by atoms with Crippen LogP contribution in [0.2, 0.25) is 5.02 Å². The van der Waals surface area contributed by atoms with E-state index in [-0.39, 0.29) is 11.8 Å². The van der Waals surface area contributed by atoms with Crippen LogP contribution in [-0.4, -0.2) is 35.4 Å². The minimum absolute atomic E-state index is 0.0253. The summed E-state index contributed by atoms with van der Waals surface area (Å²) in [7, 11) is 2.15. The van der Waals surface area contributed by atoms with E-state index in [1.807, 2.05) is 12.1 Å². The number of carbonyl (C=O) groups is 1. The second kappa shape index (κ2) is 6.39. The minimum Gasteiger partial charge on any atom is -0.361 e. The predicted molar refractivity (Wildman–Crippen MR) is 109 cm³/mol. The van der Waals surface area contributed by atoms with Gasteiger partial charge < -0.3 is 15.2 Å². The van der Waals surface area contributed by atoms with Gasteiger partial charge in [0.15, 0.2) is 0 Å². The van der Waals surface area contributed by atoms with E-state index in [9.17, 15) is 4.79 Å². The highest BCUT2D eigenvalue weighted by atomic mass is 35.5. The number of fused-ring (bicyclic) bond motifs is 2. The van der Waals surface area contributed by atoms with Crippen molar-refractivity contribution in [1.29, 1.82) is 0 Å². The number of halogens is 1. The van der Waals surface area contributed by atoms with Crippen LogP contribution in [0.5, 0.6) is 0 Å². The summed E-state index contributed by atoms with van der Waals surface area (Å²) < 4.78 is 0. The molecule has 1 aliphatic heterocycles. The van der Waals surface area contributed by atoms with Gasteiger partial charge in [-0.3, -0.25) is 4.79 Å². The molecule has 3 atom stereocenters. The molecule has 2 N–H and O–H groups in total. The lowest BCUT2D eigenvalue weighted by molar-refractivity contribution is -0.122. The number of likely N-dealkylation sites (N-methyl/N-ethyl adjacent to an activating group) is 1. The number of amides is 1. The van der Waals surface area contributed by atoms with E-state index in [1.165, 1.54) is 22.0 Å². The highest BCUT2D eigenvalue weighted by Gasteiger charge is 2.41. The number of likely N-dealkylation sites (tertiary alicyclic amines) is 1. The maximum absolute atomic E-state index is 12.9. The van der Waals surface area contributed by atoms with Crippen LogP contribution < -0.4 is 5.32 Å². The van der Waals surface area contributed by atoms with Crippen molar-refractivity contribution in [1.82, 2.24) is 9.88 Å². The summed E-state index contributed by atoms with van der Waals surface area (Å²) in [6.07, 6.45) is 4.08. The van der Waals surface area contributed by atoms with Gasteiger partial charge in [-0.1, -0.05) is 23.7 Å². The lowest BCUT2D eigenvalue weighted by Gasteiger charge is -2.45. The zero-order chi connectivity index (χ0) is 18.5. The van der Waals surface area contributed by atoms with Gasteiger partial charge in [-0.15, -0.1) is 0 Å². The number of H-pyrrole nitrogens is 1. The number of rotatable bonds is 2. The molecular weight excluding hydrogens is 358 g/mol. The van der Waals surface area contributed by atoms with Crippen LogP contribution in [0, 0.1) is 5.92 Å². The Morgan fingerprint density at radius 2 is 2.04 bits per heavy atom. The van der Waals surface area contributed by atoms with Gasteiger partial charge in [0.1, 0.15) is 0 Å². The van der Waals surface area contributed by atoms with E-state index < -0.39 is 0 Å². The molecule has 1 saturated heterocycles. The summed E-state index contributed by atoms with van der Waals surface area (Å²) in [6.45, 7) is 0.788. The van der Waals surface area contributed by atoms with Crippen molar-refractivity contribution < 1.29 is 4.79 Å². The SMILES string of the molecule is CN1C[C@H](C(=O)Nc2ccc(Cl)cc2)C[C@@H]2c3cccc4[nH]cc(c34)C[C@H]21. The van der Waals surface area contributed by atoms with Crippen molar-refractivity contribution >= 4 is 34.1 Å². The Bertz CT molecular complexity index is 1010. The van der Waals surface area contributed by atoms with Crippen LogP contribution in [0.15, 0.2) is 48.7 Å². The van der Waals surface area contributed by atoms with Crippen LogP contribution in [0.4, 0.5) is 5.69 Å². The molecule has 0 radical (unpaired) electrons. The minimum atomic E-state index is -0.0253. The molecule has 5 rings (SSSR count). The first-order chi connectivity index (χ1) is 13.1. The van der Waals surface area contributed by atoms with Gasteiger partial charge in [-0.05, 0) is 61.3 Å². The van der Waals surface area contributed by atoms with Gasteiger partial charge in [-0.2, -0.15) is 0 Å². The number of nitrogens with zero attached hydrogens (tertiary/aromatic N) is 1.